The zero-order valence-corrected chi connectivity index (χ0v) is 81.8. The van der Waals surface area contributed by atoms with Crippen molar-refractivity contribution in [1.29, 1.82) is 0 Å². The molecule has 688 valence electrons. The first kappa shape index (κ1) is 88.5. The number of hydrogen-bond acceptors (Lipinski definition) is 12. The molecule has 147 heavy (non-hydrogen) atoms. The molecule has 0 spiro atoms. The van der Waals surface area contributed by atoms with Crippen molar-refractivity contribution < 1.29 is 0 Å². The molecule has 9 nitrogen and oxygen atoms in total. The maximum absolute atomic E-state index is 5.32. The van der Waals surface area contributed by atoms with Crippen LogP contribution in [0.2, 0.25) is 0 Å². The Morgan fingerprint density at radius 3 is 0.673 bits per heavy atom. The Labute approximate surface area is 861 Å². The van der Waals surface area contributed by atoms with Crippen LogP contribution in [0, 0.1) is 0 Å². The van der Waals surface area contributed by atoms with Crippen molar-refractivity contribution in [3.8, 4) is 178 Å². The molecule has 0 aliphatic carbocycles. The minimum atomic E-state index is 0.644. The predicted octanol–water partition coefficient (Wildman–Crippen LogP) is 36.9. The second-order valence-electron chi connectivity index (χ2n) is 36.4. The largest absolute Gasteiger partial charge is 0.208 e. The fourth-order valence-electron chi connectivity index (χ4n) is 20.6. The van der Waals surface area contributed by atoms with Crippen LogP contribution >= 0.6 is 34.0 Å². The summed E-state index contributed by atoms with van der Waals surface area (Å²) in [4.78, 5) is 49.6. The van der Waals surface area contributed by atoms with Gasteiger partial charge in [0.15, 0.2) is 52.4 Å². The molecule has 0 aliphatic rings. The third kappa shape index (κ3) is 17.2. The van der Waals surface area contributed by atoms with E-state index < -0.39 is 0 Å². The molecule has 28 rings (SSSR count). The Hall–Kier alpha value is -18.7. The molecule has 0 unspecified atom stereocenters. The lowest BCUT2D eigenvalue weighted by atomic mass is 9.86. The Balaban J connectivity index is 0.000000112. The predicted molar refractivity (Wildman–Crippen MR) is 618 cm³/mol. The molecule has 6 heterocycles. The highest BCUT2D eigenvalue weighted by Gasteiger charge is 2.27. The molecule has 28 aromatic rings. The van der Waals surface area contributed by atoms with E-state index in [1.807, 2.05) is 24.3 Å². The number of rotatable bonds is 16. The molecule has 22 aromatic carbocycles. The monoisotopic (exact) mass is 1930 g/mol. The van der Waals surface area contributed by atoms with Crippen molar-refractivity contribution >= 4 is 129 Å². The van der Waals surface area contributed by atoms with E-state index in [4.69, 9.17) is 44.9 Å². The molecule has 6 aromatic heterocycles. The first-order valence-corrected chi connectivity index (χ1v) is 51.6. The average Bonchev–Trinajstić information content (AvgIpc) is 1.35. The van der Waals surface area contributed by atoms with Gasteiger partial charge in [-0.3, -0.25) is 0 Å². The van der Waals surface area contributed by atoms with E-state index in [0.29, 0.717) is 52.4 Å². The van der Waals surface area contributed by atoms with Gasteiger partial charge in [0.2, 0.25) is 0 Å². The smallest absolute Gasteiger partial charge is 0.174 e. The third-order valence-electron chi connectivity index (χ3n) is 27.5. The van der Waals surface area contributed by atoms with Gasteiger partial charge in [0, 0.05) is 47.5 Å². The minimum absolute atomic E-state index is 0.644. The summed E-state index contributed by atoms with van der Waals surface area (Å²) in [5, 5.41) is 18.1. The van der Waals surface area contributed by atoms with E-state index >= 15 is 0 Å². The second kappa shape index (κ2) is 39.0. The summed E-state index contributed by atoms with van der Waals surface area (Å²) in [7, 11) is 0. The van der Waals surface area contributed by atoms with Gasteiger partial charge in [0.05, 0.1) is 14.6 Å². The highest BCUT2D eigenvalue weighted by molar-refractivity contribution is 7.23. The fourth-order valence-corrected chi connectivity index (χ4v) is 23.6. The van der Waals surface area contributed by atoms with Gasteiger partial charge in [-0.1, -0.05) is 473 Å². The first-order valence-electron chi connectivity index (χ1n) is 49.2. The Morgan fingerprint density at radius 1 is 0.116 bits per heavy atom. The zero-order chi connectivity index (χ0) is 97.5. The number of hydrogen-bond donors (Lipinski definition) is 0. The Bertz CT molecular complexity index is 9650. The highest BCUT2D eigenvalue weighted by atomic mass is 32.1. The van der Waals surface area contributed by atoms with Gasteiger partial charge in [-0.15, -0.1) is 34.0 Å². The van der Waals surface area contributed by atoms with Crippen LogP contribution in [-0.4, -0.2) is 44.9 Å². The van der Waals surface area contributed by atoms with E-state index in [9.17, 15) is 0 Å². The fraction of sp³-hybridized carbons (Fsp3) is 0. The lowest BCUT2D eigenvalue weighted by Crippen LogP contribution is -2.02. The van der Waals surface area contributed by atoms with Crippen molar-refractivity contribution in [3.63, 3.8) is 0 Å². The molecule has 0 bridgehead atoms. The van der Waals surface area contributed by atoms with Gasteiger partial charge in [-0.05, 0) is 201 Å². The zero-order valence-electron chi connectivity index (χ0n) is 79.3. The molecule has 0 atom stereocenters. The van der Waals surface area contributed by atoms with Crippen LogP contribution < -0.4 is 0 Å². The summed E-state index contributed by atoms with van der Waals surface area (Å²) < 4.78 is 3.62. The van der Waals surface area contributed by atoms with Crippen LogP contribution in [-0.2, 0) is 0 Å². The number of nitrogens with zero attached hydrogens (tertiary/aromatic N) is 9. The minimum Gasteiger partial charge on any atom is -0.208 e. The first-order chi connectivity index (χ1) is 72.9. The Kier molecular flexibility index (Phi) is 23.5. The van der Waals surface area contributed by atoms with Gasteiger partial charge >= 0.3 is 0 Å². The van der Waals surface area contributed by atoms with Crippen LogP contribution in [0.4, 0.5) is 0 Å². The Morgan fingerprint density at radius 2 is 0.333 bits per heavy atom. The molecule has 0 fully saturated rings. The number of fused-ring (bicyclic) bond motifs is 10. The highest BCUT2D eigenvalue weighted by Crippen LogP contribution is 2.49. The van der Waals surface area contributed by atoms with Crippen LogP contribution in [0.1, 0.15) is 0 Å². The quantitative estimate of drug-likeness (QED) is 0.0689. The number of benzene rings is 22. The summed E-state index contributed by atoms with van der Waals surface area (Å²) in [6, 6.07) is 181. The van der Waals surface area contributed by atoms with E-state index in [2.05, 4.69) is 491 Å². The van der Waals surface area contributed by atoms with Gasteiger partial charge < -0.3 is 0 Å². The van der Waals surface area contributed by atoms with E-state index in [0.717, 1.165) is 103 Å². The van der Waals surface area contributed by atoms with Crippen molar-refractivity contribution in [2.24, 2.45) is 0 Å². The summed E-state index contributed by atoms with van der Waals surface area (Å²) in [6.07, 6.45) is 0. The van der Waals surface area contributed by atoms with E-state index in [1.54, 1.807) is 34.0 Å². The summed E-state index contributed by atoms with van der Waals surface area (Å²) in [5.74, 6) is 5.96. The molecule has 0 saturated heterocycles. The number of thiophene rings is 3. The maximum Gasteiger partial charge on any atom is 0.174 e. The lowest BCUT2D eigenvalue weighted by molar-refractivity contribution is 1.08. The number of aromatic nitrogens is 9. The van der Waals surface area contributed by atoms with Gasteiger partial charge in [0.1, 0.15) is 0 Å². The molecule has 0 saturated carbocycles. The van der Waals surface area contributed by atoms with Crippen LogP contribution in [0.3, 0.4) is 0 Å². The standard InChI is InChI=1S/C49H31N3S.2C43H27N3S/c1-3-15-32(16-4-1)37-20-8-13-25-42(37)48-50-47(51-49(52-48)44-31-36-19-7-14-26-43(36)53-44)35-29-27-34(28-30-35)46-40-23-11-9-21-38(40)45(33-17-5-2-6-18-33)39-22-10-12-24-41(39)46;1-3-15-28(16-4-1)31-20-8-13-25-36(31)41-44-42(38-27-30-19-7-14-26-37(30)47-38)46-43(45-41)40-34-23-11-9-21-32(34)39(29-17-5-2-6-18-29)33-22-10-12-24-35(33)40;1-2-12-28(13-3-1)33-16-7-10-20-37(33)42-44-41(45-43(46-42)40-27-32-15-5-11-21-39(32)47-40)30-24-22-29(23-25-30)38-26-31-14-4-6-17-34(31)35-18-8-9-19-36(35)38/h1-31H;2*1-27H. The molecule has 0 amide bonds. The van der Waals surface area contributed by atoms with Crippen LogP contribution in [0.5, 0.6) is 0 Å². The summed E-state index contributed by atoms with van der Waals surface area (Å²) in [6.45, 7) is 0. The van der Waals surface area contributed by atoms with Crippen molar-refractivity contribution in [2.75, 3.05) is 0 Å². The molecule has 0 N–H and O–H groups in total. The molecular formula is C135H85N9S3. The normalized spacial score (nSPS) is 11.4. The van der Waals surface area contributed by atoms with Gasteiger partial charge in [0.25, 0.3) is 0 Å². The van der Waals surface area contributed by atoms with Gasteiger partial charge in [-0.2, -0.15) is 0 Å². The molecular weight excluding hydrogens is 1840 g/mol. The lowest BCUT2D eigenvalue weighted by Gasteiger charge is -2.18. The molecule has 0 aliphatic heterocycles. The maximum atomic E-state index is 5.32. The topological polar surface area (TPSA) is 116 Å². The van der Waals surface area contributed by atoms with Crippen LogP contribution in [0.15, 0.2) is 516 Å². The van der Waals surface area contributed by atoms with Crippen molar-refractivity contribution in [2.45, 2.75) is 0 Å². The summed E-state index contributed by atoms with van der Waals surface area (Å²) in [5.41, 5.74) is 22.1. The van der Waals surface area contributed by atoms with Crippen LogP contribution in [0.25, 0.3) is 273 Å². The van der Waals surface area contributed by atoms with E-state index in [1.165, 1.54) is 118 Å². The molecule has 0 radical (unpaired) electrons. The van der Waals surface area contributed by atoms with Crippen molar-refractivity contribution in [1.82, 2.24) is 44.9 Å². The average molecular weight is 1930 g/mol. The van der Waals surface area contributed by atoms with Crippen molar-refractivity contribution in [3.05, 3.63) is 516 Å². The van der Waals surface area contributed by atoms with Gasteiger partial charge in [-0.25, -0.2) is 44.9 Å². The van der Waals surface area contributed by atoms with E-state index in [-0.39, 0.29) is 0 Å². The second-order valence-corrected chi connectivity index (χ2v) is 39.6. The third-order valence-corrected chi connectivity index (χ3v) is 30.8. The summed E-state index contributed by atoms with van der Waals surface area (Å²) >= 11 is 5.13. The SMILES string of the molecule is c1ccc(-c2ccccc2-c2nc(-c3cc4ccccc4s3)nc(-c3c4ccccc4c(-c4ccccc4)c4ccccc34)n2)cc1.c1ccc(-c2ccccc2-c2nc(-c3ccc(-c4c5ccccc5c(-c5ccccc5)c5ccccc45)cc3)nc(-c3cc4ccccc4s3)n2)cc1.c1ccc(-c2ccccc2-c2nc(-c3ccc(-c4cc5ccccc5c5ccccc45)cc3)nc(-c3cc4ccccc4s3)n2)cc1. The molecule has 12 heteroatoms.